The fourth-order valence-corrected chi connectivity index (χ4v) is 4.51. The van der Waals surface area contributed by atoms with Gasteiger partial charge >= 0.3 is 5.69 Å². The van der Waals surface area contributed by atoms with E-state index < -0.39 is 22.8 Å². The van der Waals surface area contributed by atoms with Crippen LogP contribution in [0.15, 0.2) is 58.4 Å². The van der Waals surface area contributed by atoms with Gasteiger partial charge in [0.15, 0.2) is 12.4 Å². The zero-order valence-electron chi connectivity index (χ0n) is 22.3. The highest BCUT2D eigenvalue weighted by Crippen LogP contribution is 2.35. The van der Waals surface area contributed by atoms with Crippen LogP contribution in [0.4, 0.5) is 5.69 Å². The summed E-state index contributed by atoms with van der Waals surface area (Å²) in [5.74, 6) is 0.958. The standard InChI is InChI=1S/C29H26ClN5O5/c1-5-39-26-12-18(4)23(15-22(26)17(2)3)28-33-24-9-7-6-8-21(24)29(36)34(28)32-16-19-13-20(30)14-25(35(37)38)27(19)40-11-10-31/h6-9,12-17H,5,11H2,1-4H3. The number of halogens is 1. The van der Waals surface area contributed by atoms with Gasteiger partial charge in [0.1, 0.15) is 11.8 Å². The van der Waals surface area contributed by atoms with Gasteiger partial charge in [-0.15, -0.1) is 0 Å². The predicted octanol–water partition coefficient (Wildman–Crippen LogP) is 6.24. The van der Waals surface area contributed by atoms with Gasteiger partial charge in [-0.3, -0.25) is 14.9 Å². The van der Waals surface area contributed by atoms with Crippen molar-refractivity contribution >= 4 is 34.4 Å². The molecule has 0 N–H and O–H groups in total. The number of hydrogen-bond donors (Lipinski definition) is 0. The summed E-state index contributed by atoms with van der Waals surface area (Å²) < 4.78 is 12.4. The Hall–Kier alpha value is -4.75. The molecule has 0 saturated heterocycles. The summed E-state index contributed by atoms with van der Waals surface area (Å²) >= 11 is 6.15. The van der Waals surface area contributed by atoms with Gasteiger partial charge in [0.2, 0.25) is 5.75 Å². The highest BCUT2D eigenvalue weighted by molar-refractivity contribution is 6.31. The molecule has 204 valence electrons. The molecule has 40 heavy (non-hydrogen) atoms. The Kier molecular flexibility index (Phi) is 8.46. The second-order valence-corrected chi connectivity index (χ2v) is 9.59. The first-order valence-electron chi connectivity index (χ1n) is 12.5. The Labute approximate surface area is 235 Å². The van der Waals surface area contributed by atoms with E-state index in [9.17, 15) is 14.9 Å². The monoisotopic (exact) mass is 559 g/mol. The molecule has 0 amide bonds. The second-order valence-electron chi connectivity index (χ2n) is 9.15. The smallest absolute Gasteiger partial charge is 0.313 e. The first kappa shape index (κ1) is 28.3. The van der Waals surface area contributed by atoms with Crippen molar-refractivity contribution in [1.29, 1.82) is 5.26 Å². The normalized spacial score (nSPS) is 11.2. The minimum absolute atomic E-state index is 0.0607. The summed E-state index contributed by atoms with van der Waals surface area (Å²) in [6.45, 7) is 7.97. The molecule has 11 heteroatoms. The third kappa shape index (κ3) is 5.65. The maximum Gasteiger partial charge on any atom is 0.313 e. The largest absolute Gasteiger partial charge is 0.494 e. The Morgan fingerprint density at radius 2 is 1.98 bits per heavy atom. The molecule has 3 aromatic carbocycles. The van der Waals surface area contributed by atoms with Crippen LogP contribution < -0.4 is 15.0 Å². The number of nitrogens with zero attached hydrogens (tertiary/aromatic N) is 5. The average molecular weight is 560 g/mol. The first-order valence-corrected chi connectivity index (χ1v) is 12.9. The van der Waals surface area contributed by atoms with Gasteiger partial charge in [0, 0.05) is 22.2 Å². The lowest BCUT2D eigenvalue weighted by atomic mass is 9.96. The quantitative estimate of drug-likeness (QED) is 0.135. The predicted molar refractivity (Wildman–Crippen MR) is 154 cm³/mol. The van der Waals surface area contributed by atoms with E-state index in [2.05, 4.69) is 5.10 Å². The lowest BCUT2D eigenvalue weighted by Crippen LogP contribution is -2.21. The Morgan fingerprint density at radius 1 is 1.23 bits per heavy atom. The van der Waals surface area contributed by atoms with Gasteiger partial charge < -0.3 is 9.47 Å². The molecule has 0 radical (unpaired) electrons. The lowest BCUT2D eigenvalue weighted by molar-refractivity contribution is -0.385. The van der Waals surface area contributed by atoms with Crippen molar-refractivity contribution in [2.75, 3.05) is 13.2 Å². The number of para-hydroxylation sites is 1. The number of nitro groups is 1. The Balaban J connectivity index is 2.00. The topological polar surface area (TPSA) is 133 Å². The number of nitriles is 1. The molecule has 1 aromatic heterocycles. The summed E-state index contributed by atoms with van der Waals surface area (Å²) in [6.07, 6.45) is 1.24. The van der Waals surface area contributed by atoms with E-state index in [0.29, 0.717) is 23.1 Å². The van der Waals surface area contributed by atoms with Crippen molar-refractivity contribution < 1.29 is 14.4 Å². The van der Waals surface area contributed by atoms with E-state index >= 15 is 0 Å². The molecule has 0 spiro atoms. The maximum atomic E-state index is 13.7. The molecular weight excluding hydrogens is 534 g/mol. The number of ether oxygens (including phenoxy) is 2. The molecule has 0 saturated carbocycles. The number of rotatable bonds is 9. The van der Waals surface area contributed by atoms with Crippen LogP contribution in [0.2, 0.25) is 5.02 Å². The fraction of sp³-hybridized carbons (Fsp3) is 0.241. The third-order valence-electron chi connectivity index (χ3n) is 6.13. The van der Waals surface area contributed by atoms with Gasteiger partial charge in [-0.1, -0.05) is 37.6 Å². The number of aromatic nitrogens is 2. The molecule has 1 heterocycles. The van der Waals surface area contributed by atoms with E-state index in [-0.39, 0.29) is 28.1 Å². The van der Waals surface area contributed by atoms with Crippen molar-refractivity contribution in [2.45, 2.75) is 33.6 Å². The summed E-state index contributed by atoms with van der Waals surface area (Å²) in [5.41, 5.74) is 2.17. The van der Waals surface area contributed by atoms with Crippen molar-refractivity contribution in [3.05, 3.63) is 90.7 Å². The number of nitro benzene ring substituents is 1. The second kappa shape index (κ2) is 12.0. The van der Waals surface area contributed by atoms with Crippen LogP contribution >= 0.6 is 11.6 Å². The van der Waals surface area contributed by atoms with Gasteiger partial charge in [0.25, 0.3) is 5.56 Å². The molecule has 0 aliphatic carbocycles. The number of fused-ring (bicyclic) bond motifs is 1. The highest BCUT2D eigenvalue weighted by atomic mass is 35.5. The minimum atomic E-state index is -0.665. The highest BCUT2D eigenvalue weighted by Gasteiger charge is 2.22. The van der Waals surface area contributed by atoms with Gasteiger partial charge in [-0.25, -0.2) is 4.98 Å². The van der Waals surface area contributed by atoms with Gasteiger partial charge in [0.05, 0.1) is 28.6 Å². The van der Waals surface area contributed by atoms with Crippen LogP contribution in [-0.2, 0) is 0 Å². The number of aryl methyl sites for hydroxylation is 1. The summed E-state index contributed by atoms with van der Waals surface area (Å²) in [7, 11) is 0. The minimum Gasteiger partial charge on any atom is -0.494 e. The SMILES string of the molecule is CCOc1cc(C)c(-c2nc3ccccc3c(=O)n2N=Cc2cc(Cl)cc([N+](=O)[O-])c2OCC#N)cc1C(C)C. The van der Waals surface area contributed by atoms with Gasteiger partial charge in [-0.05, 0) is 61.2 Å². The Morgan fingerprint density at radius 3 is 2.65 bits per heavy atom. The zero-order valence-corrected chi connectivity index (χ0v) is 23.1. The van der Waals surface area contributed by atoms with Crippen LogP contribution in [0.25, 0.3) is 22.3 Å². The van der Waals surface area contributed by atoms with E-state index in [1.54, 1.807) is 30.3 Å². The van der Waals surface area contributed by atoms with Crippen molar-refractivity contribution in [3.8, 4) is 29.0 Å². The summed E-state index contributed by atoms with van der Waals surface area (Å²) in [5, 5.41) is 25.5. The van der Waals surface area contributed by atoms with E-state index in [1.165, 1.54) is 12.3 Å². The molecule has 0 unspecified atom stereocenters. The molecule has 10 nitrogen and oxygen atoms in total. The number of benzene rings is 3. The van der Waals surface area contributed by atoms with Crippen LogP contribution in [0.3, 0.4) is 0 Å². The van der Waals surface area contributed by atoms with E-state index in [4.69, 9.17) is 31.3 Å². The summed E-state index contributed by atoms with van der Waals surface area (Å²) in [6, 6.07) is 15.1. The summed E-state index contributed by atoms with van der Waals surface area (Å²) in [4.78, 5) is 29.5. The molecule has 4 rings (SSSR count). The molecular formula is C29H26ClN5O5. The lowest BCUT2D eigenvalue weighted by Gasteiger charge is -2.18. The van der Waals surface area contributed by atoms with Gasteiger partial charge in [-0.2, -0.15) is 15.0 Å². The van der Waals surface area contributed by atoms with Crippen LogP contribution in [0.1, 0.15) is 43.4 Å². The fourth-order valence-electron chi connectivity index (χ4n) is 4.29. The molecule has 0 atom stereocenters. The van der Waals surface area contributed by atoms with Crippen molar-refractivity contribution in [3.63, 3.8) is 0 Å². The molecule has 0 aliphatic heterocycles. The molecule has 0 fully saturated rings. The molecule has 0 bridgehead atoms. The van der Waals surface area contributed by atoms with E-state index in [1.807, 2.05) is 39.8 Å². The van der Waals surface area contributed by atoms with E-state index in [0.717, 1.165) is 27.6 Å². The average Bonchev–Trinajstić information content (AvgIpc) is 2.91. The zero-order chi connectivity index (χ0) is 29.0. The number of hydrogen-bond acceptors (Lipinski definition) is 8. The van der Waals surface area contributed by atoms with Crippen molar-refractivity contribution in [2.24, 2.45) is 5.10 Å². The Bertz CT molecular complexity index is 1740. The van der Waals surface area contributed by atoms with Crippen molar-refractivity contribution in [1.82, 2.24) is 9.66 Å². The maximum absolute atomic E-state index is 13.7. The first-order chi connectivity index (χ1) is 19.2. The molecule has 0 aliphatic rings. The van der Waals surface area contributed by atoms with Crippen LogP contribution in [0.5, 0.6) is 11.5 Å². The van der Waals surface area contributed by atoms with Crippen LogP contribution in [-0.4, -0.2) is 34.0 Å². The molecule has 4 aromatic rings. The third-order valence-corrected chi connectivity index (χ3v) is 6.34. The van der Waals surface area contributed by atoms with Crippen LogP contribution in [0, 0.1) is 28.4 Å².